The molecule has 0 spiro atoms. The Hall–Kier alpha value is -3.50. The largest absolute Gasteiger partial charge is 0.506 e. The average molecular weight is 254 g/mol. The number of aromatic carboxylic acids is 1. The normalized spacial score (nSPS) is 8.47. The maximum Gasteiger partial charge on any atom is 0.335 e. The Labute approximate surface area is 107 Å². The molecule has 1 aromatic carbocycles. The van der Waals surface area contributed by atoms with E-state index in [0.717, 1.165) is 12.1 Å². The fourth-order valence-electron chi connectivity index (χ4n) is 1.19. The number of nitrogens with one attached hydrogen (secondary N) is 1. The first-order chi connectivity index (χ1) is 9.03. The SMILES string of the molecule is N#CC(C#N)=C(C#N)Nc1cc(C(=O)O)ccc1O. The number of carboxylic acids is 1. The molecule has 0 radical (unpaired) electrons. The van der Waals surface area contributed by atoms with Crippen molar-refractivity contribution in [2.75, 3.05) is 5.32 Å². The molecule has 0 fully saturated rings. The third kappa shape index (κ3) is 3.00. The van der Waals surface area contributed by atoms with Gasteiger partial charge in [-0.3, -0.25) is 0 Å². The first kappa shape index (κ1) is 13.6. The molecule has 0 saturated carbocycles. The number of nitrogens with zero attached hydrogens (tertiary/aromatic N) is 3. The minimum Gasteiger partial charge on any atom is -0.506 e. The van der Waals surface area contributed by atoms with Crippen molar-refractivity contribution in [3.05, 3.63) is 35.0 Å². The van der Waals surface area contributed by atoms with Gasteiger partial charge in [-0.1, -0.05) is 0 Å². The van der Waals surface area contributed by atoms with E-state index in [1.54, 1.807) is 6.07 Å². The quantitative estimate of drug-likeness (QED) is 0.545. The first-order valence-corrected chi connectivity index (χ1v) is 4.81. The lowest BCUT2D eigenvalue weighted by molar-refractivity contribution is 0.0697. The van der Waals surface area contributed by atoms with Gasteiger partial charge in [0.05, 0.1) is 11.3 Å². The molecule has 0 unspecified atom stereocenters. The summed E-state index contributed by atoms with van der Waals surface area (Å²) in [6.07, 6.45) is 0. The number of phenolic OH excluding ortho intramolecular Hbond substituents is 1. The Morgan fingerprint density at radius 3 is 2.26 bits per heavy atom. The Balaban J connectivity index is 3.27. The lowest BCUT2D eigenvalue weighted by atomic mass is 10.1. The summed E-state index contributed by atoms with van der Waals surface area (Å²) in [4.78, 5) is 10.8. The summed E-state index contributed by atoms with van der Waals surface area (Å²) in [5.41, 5.74) is -1.04. The molecular formula is C12H6N4O3. The van der Waals surface area contributed by atoms with Gasteiger partial charge in [-0.15, -0.1) is 0 Å². The van der Waals surface area contributed by atoms with E-state index in [4.69, 9.17) is 20.9 Å². The molecule has 0 aromatic heterocycles. The van der Waals surface area contributed by atoms with Crippen molar-refractivity contribution in [1.29, 1.82) is 15.8 Å². The number of allylic oxidation sites excluding steroid dienone is 2. The van der Waals surface area contributed by atoms with Gasteiger partial charge in [-0.05, 0) is 18.2 Å². The Kier molecular flexibility index (Phi) is 4.08. The van der Waals surface area contributed by atoms with Crippen LogP contribution in [0.4, 0.5) is 5.69 Å². The number of hydrogen-bond donors (Lipinski definition) is 3. The second-order valence-electron chi connectivity index (χ2n) is 3.25. The molecule has 7 heteroatoms. The van der Waals surface area contributed by atoms with Gasteiger partial charge in [0.15, 0.2) is 5.57 Å². The highest BCUT2D eigenvalue weighted by Gasteiger charge is 2.11. The van der Waals surface area contributed by atoms with E-state index in [2.05, 4.69) is 5.32 Å². The fourth-order valence-corrected chi connectivity index (χ4v) is 1.19. The standard InChI is InChI=1S/C12H6N4O3/c13-4-8(5-14)10(6-15)16-9-3-7(12(18)19)1-2-11(9)17/h1-3,16-17H,(H,18,19). The number of hydrogen-bond acceptors (Lipinski definition) is 6. The van der Waals surface area contributed by atoms with Crippen molar-refractivity contribution in [3.8, 4) is 24.0 Å². The number of anilines is 1. The molecule has 0 aliphatic heterocycles. The average Bonchev–Trinajstić information content (AvgIpc) is 2.40. The van der Waals surface area contributed by atoms with Crippen LogP contribution in [-0.2, 0) is 0 Å². The van der Waals surface area contributed by atoms with Crippen LogP contribution in [0.3, 0.4) is 0 Å². The van der Waals surface area contributed by atoms with Gasteiger partial charge < -0.3 is 15.5 Å². The lowest BCUT2D eigenvalue weighted by Gasteiger charge is -2.07. The number of phenols is 1. The van der Waals surface area contributed by atoms with Gasteiger partial charge in [0.2, 0.25) is 0 Å². The van der Waals surface area contributed by atoms with Crippen LogP contribution in [0, 0.1) is 34.0 Å². The molecular weight excluding hydrogens is 248 g/mol. The van der Waals surface area contributed by atoms with E-state index in [0.29, 0.717) is 0 Å². The smallest absolute Gasteiger partial charge is 0.335 e. The first-order valence-electron chi connectivity index (χ1n) is 4.81. The predicted octanol–water partition coefficient (Wildman–Crippen LogP) is 1.33. The van der Waals surface area contributed by atoms with E-state index in [1.807, 2.05) is 0 Å². The van der Waals surface area contributed by atoms with Gasteiger partial charge in [0.1, 0.15) is 29.7 Å². The third-order valence-electron chi connectivity index (χ3n) is 2.09. The Morgan fingerprint density at radius 2 is 1.79 bits per heavy atom. The molecule has 1 aromatic rings. The third-order valence-corrected chi connectivity index (χ3v) is 2.09. The van der Waals surface area contributed by atoms with Crippen LogP contribution < -0.4 is 5.32 Å². The number of rotatable bonds is 3. The highest BCUT2D eigenvalue weighted by molar-refractivity contribution is 5.89. The highest BCUT2D eigenvalue weighted by atomic mass is 16.4. The van der Waals surface area contributed by atoms with Gasteiger partial charge in [-0.25, -0.2) is 4.79 Å². The van der Waals surface area contributed by atoms with E-state index < -0.39 is 11.5 Å². The van der Waals surface area contributed by atoms with Crippen molar-refractivity contribution in [3.63, 3.8) is 0 Å². The molecule has 7 nitrogen and oxygen atoms in total. The molecule has 0 aliphatic carbocycles. The summed E-state index contributed by atoms with van der Waals surface area (Å²) in [5.74, 6) is -1.53. The van der Waals surface area contributed by atoms with Crippen LogP contribution >= 0.6 is 0 Å². The summed E-state index contributed by atoms with van der Waals surface area (Å²) in [6.45, 7) is 0. The summed E-state index contributed by atoms with van der Waals surface area (Å²) in [6, 6.07) is 8.01. The molecule has 0 saturated heterocycles. The zero-order chi connectivity index (χ0) is 14.4. The van der Waals surface area contributed by atoms with Crippen LogP contribution in [0.5, 0.6) is 5.75 Å². The van der Waals surface area contributed by atoms with Gasteiger partial charge >= 0.3 is 5.97 Å². The van der Waals surface area contributed by atoms with E-state index in [9.17, 15) is 9.90 Å². The number of carbonyl (C=O) groups is 1. The molecule has 1 rings (SSSR count). The lowest BCUT2D eigenvalue weighted by Crippen LogP contribution is -2.03. The highest BCUT2D eigenvalue weighted by Crippen LogP contribution is 2.26. The molecule has 3 N–H and O–H groups in total. The molecule has 0 aliphatic rings. The minimum absolute atomic E-state index is 0.0838. The van der Waals surface area contributed by atoms with Gasteiger partial charge in [-0.2, -0.15) is 15.8 Å². The number of aromatic hydroxyl groups is 1. The van der Waals surface area contributed by atoms with Gasteiger partial charge in [0.25, 0.3) is 0 Å². The van der Waals surface area contributed by atoms with Crippen LogP contribution in [-0.4, -0.2) is 16.2 Å². The topological polar surface area (TPSA) is 141 Å². The van der Waals surface area contributed by atoms with E-state index in [-0.39, 0.29) is 22.7 Å². The maximum absolute atomic E-state index is 10.8. The molecule has 0 heterocycles. The molecule has 0 amide bonds. The zero-order valence-electron chi connectivity index (χ0n) is 9.38. The predicted molar refractivity (Wildman–Crippen MR) is 62.6 cm³/mol. The monoisotopic (exact) mass is 254 g/mol. The Morgan fingerprint density at radius 1 is 1.16 bits per heavy atom. The molecule has 0 atom stereocenters. The van der Waals surface area contributed by atoms with Crippen molar-refractivity contribution in [2.45, 2.75) is 0 Å². The van der Waals surface area contributed by atoms with Crippen LogP contribution in [0.1, 0.15) is 10.4 Å². The number of nitriles is 3. The van der Waals surface area contributed by atoms with Crippen molar-refractivity contribution in [1.82, 2.24) is 0 Å². The molecule has 19 heavy (non-hydrogen) atoms. The zero-order valence-corrected chi connectivity index (χ0v) is 9.38. The summed E-state index contributed by atoms with van der Waals surface area (Å²) in [5, 5.41) is 46.8. The maximum atomic E-state index is 10.8. The Bertz CT molecular complexity index is 670. The molecule has 0 bridgehead atoms. The van der Waals surface area contributed by atoms with Crippen LogP contribution in [0.25, 0.3) is 0 Å². The van der Waals surface area contributed by atoms with Crippen LogP contribution in [0.2, 0.25) is 0 Å². The second kappa shape index (κ2) is 5.72. The van der Waals surface area contributed by atoms with Gasteiger partial charge in [0, 0.05) is 0 Å². The summed E-state index contributed by atoms with van der Waals surface area (Å²) < 4.78 is 0. The minimum atomic E-state index is -1.22. The van der Waals surface area contributed by atoms with E-state index >= 15 is 0 Å². The van der Waals surface area contributed by atoms with Crippen molar-refractivity contribution < 1.29 is 15.0 Å². The molecule has 92 valence electrons. The second-order valence-corrected chi connectivity index (χ2v) is 3.25. The summed E-state index contributed by atoms with van der Waals surface area (Å²) >= 11 is 0. The fraction of sp³-hybridized carbons (Fsp3) is 0. The van der Waals surface area contributed by atoms with Crippen molar-refractivity contribution >= 4 is 11.7 Å². The number of benzene rings is 1. The van der Waals surface area contributed by atoms with Crippen LogP contribution in [0.15, 0.2) is 29.5 Å². The van der Waals surface area contributed by atoms with E-state index in [1.165, 1.54) is 18.2 Å². The summed E-state index contributed by atoms with van der Waals surface area (Å²) in [7, 11) is 0. The number of carboxylic acid groups (broad SMARTS) is 1. The van der Waals surface area contributed by atoms with Crippen molar-refractivity contribution in [2.24, 2.45) is 0 Å².